The molecule has 2 fully saturated rings. The van der Waals surface area contributed by atoms with E-state index in [-0.39, 0.29) is 5.69 Å². The third-order valence-corrected chi connectivity index (χ3v) is 6.78. The first-order valence-corrected chi connectivity index (χ1v) is 9.61. The van der Waals surface area contributed by atoms with Gasteiger partial charge in [-0.15, -0.1) is 0 Å². The lowest BCUT2D eigenvalue weighted by atomic mass is 10.2. The monoisotopic (exact) mass is 374 g/mol. The van der Waals surface area contributed by atoms with Gasteiger partial charge in [0.25, 0.3) is 15.9 Å². The van der Waals surface area contributed by atoms with Crippen molar-refractivity contribution < 1.29 is 13.3 Å². The third-order valence-electron chi connectivity index (χ3n) is 4.44. The number of rotatable bonds is 4. The predicted molar refractivity (Wildman–Crippen MR) is 91.6 cm³/mol. The highest BCUT2D eigenvalue weighted by molar-refractivity contribution is 7.86. The van der Waals surface area contributed by atoms with Crippen molar-refractivity contribution in [1.82, 2.24) is 8.61 Å². The summed E-state index contributed by atoms with van der Waals surface area (Å²) in [5, 5.41) is 11.1. The molecule has 132 valence electrons. The van der Waals surface area contributed by atoms with E-state index in [0.29, 0.717) is 50.0 Å². The van der Waals surface area contributed by atoms with Gasteiger partial charge < -0.3 is 4.90 Å². The third kappa shape index (κ3) is 3.34. The average molecular weight is 375 g/mol. The fourth-order valence-electron chi connectivity index (χ4n) is 3.11. The van der Waals surface area contributed by atoms with Crippen molar-refractivity contribution in [2.75, 3.05) is 44.2 Å². The van der Waals surface area contributed by atoms with E-state index in [4.69, 9.17) is 11.6 Å². The summed E-state index contributed by atoms with van der Waals surface area (Å²) in [5.74, 6) is 0. The molecule has 0 bridgehead atoms. The molecule has 0 aromatic heterocycles. The molecule has 0 radical (unpaired) electrons. The molecule has 2 aliphatic rings. The van der Waals surface area contributed by atoms with Gasteiger partial charge in [0, 0.05) is 51.4 Å². The quantitative estimate of drug-likeness (QED) is 0.591. The van der Waals surface area contributed by atoms with Crippen molar-refractivity contribution >= 4 is 33.2 Å². The zero-order valence-electron chi connectivity index (χ0n) is 13.1. The van der Waals surface area contributed by atoms with Gasteiger partial charge in [0.15, 0.2) is 0 Å². The van der Waals surface area contributed by atoms with E-state index in [2.05, 4.69) is 0 Å². The zero-order valence-corrected chi connectivity index (χ0v) is 14.7. The van der Waals surface area contributed by atoms with Crippen molar-refractivity contribution in [3.05, 3.63) is 33.3 Å². The number of hydrogen-bond acceptors (Lipinski definition) is 5. The Morgan fingerprint density at radius 3 is 2.12 bits per heavy atom. The Hall–Kier alpha value is -1.42. The number of piperazine rings is 1. The molecule has 1 aromatic rings. The van der Waals surface area contributed by atoms with Crippen LogP contribution in [0.25, 0.3) is 0 Å². The van der Waals surface area contributed by atoms with Gasteiger partial charge in [0.1, 0.15) is 0 Å². The van der Waals surface area contributed by atoms with Crippen LogP contribution >= 0.6 is 11.6 Å². The number of nitro groups is 1. The Kier molecular flexibility index (Phi) is 4.95. The summed E-state index contributed by atoms with van der Waals surface area (Å²) in [4.78, 5) is 12.2. The molecule has 0 N–H and O–H groups in total. The van der Waals surface area contributed by atoms with Gasteiger partial charge in [-0.3, -0.25) is 10.1 Å². The highest BCUT2D eigenvalue weighted by Gasteiger charge is 2.34. The minimum atomic E-state index is -3.38. The van der Waals surface area contributed by atoms with Crippen LogP contribution < -0.4 is 4.90 Å². The van der Waals surface area contributed by atoms with Crippen molar-refractivity contribution in [2.24, 2.45) is 0 Å². The average Bonchev–Trinajstić information content (AvgIpc) is 3.10. The molecular formula is C14H19ClN4O4S. The number of non-ortho nitro benzene ring substituents is 1. The molecule has 10 heteroatoms. The van der Waals surface area contributed by atoms with Crippen LogP contribution in [0.15, 0.2) is 18.2 Å². The van der Waals surface area contributed by atoms with Gasteiger partial charge in [-0.2, -0.15) is 17.0 Å². The molecule has 0 unspecified atom stereocenters. The smallest absolute Gasteiger partial charge is 0.282 e. The number of nitrogens with zero attached hydrogens (tertiary/aromatic N) is 4. The molecule has 1 aromatic carbocycles. The zero-order chi connectivity index (χ0) is 17.3. The maximum absolute atomic E-state index is 12.5. The second kappa shape index (κ2) is 6.83. The Morgan fingerprint density at radius 1 is 1.00 bits per heavy atom. The highest BCUT2D eigenvalue weighted by Crippen LogP contribution is 2.31. The minimum absolute atomic E-state index is 0.0565. The van der Waals surface area contributed by atoms with E-state index < -0.39 is 15.1 Å². The predicted octanol–water partition coefficient (Wildman–Crippen LogP) is 1.71. The molecule has 8 nitrogen and oxygen atoms in total. The standard InChI is InChI=1S/C14H19ClN4O4S/c15-13-11-12(19(20)21)3-4-14(13)16-7-9-18(10-8-16)24(22,23)17-5-1-2-6-17/h3-4,11H,1-2,5-10H2. The van der Waals surface area contributed by atoms with Crippen LogP contribution in [0.5, 0.6) is 0 Å². The Balaban J connectivity index is 1.68. The van der Waals surface area contributed by atoms with E-state index in [1.54, 1.807) is 10.4 Å². The fraction of sp³-hybridized carbons (Fsp3) is 0.571. The number of anilines is 1. The van der Waals surface area contributed by atoms with Gasteiger partial charge in [0.2, 0.25) is 0 Å². The van der Waals surface area contributed by atoms with Gasteiger partial charge in [-0.05, 0) is 18.9 Å². The fourth-order valence-corrected chi connectivity index (χ4v) is 5.07. The van der Waals surface area contributed by atoms with Crippen molar-refractivity contribution in [3.8, 4) is 0 Å². The van der Waals surface area contributed by atoms with E-state index in [1.165, 1.54) is 16.4 Å². The molecular weight excluding hydrogens is 356 g/mol. The molecule has 3 rings (SSSR count). The Bertz CT molecular complexity index is 728. The summed E-state index contributed by atoms with van der Waals surface area (Å²) in [7, 11) is -3.38. The summed E-state index contributed by atoms with van der Waals surface area (Å²) in [6, 6.07) is 4.35. The lowest BCUT2D eigenvalue weighted by molar-refractivity contribution is -0.384. The maximum Gasteiger partial charge on any atom is 0.282 e. The maximum atomic E-state index is 12.5. The van der Waals surface area contributed by atoms with Crippen LogP contribution in [0.1, 0.15) is 12.8 Å². The van der Waals surface area contributed by atoms with Crippen LogP contribution in [0.2, 0.25) is 5.02 Å². The number of halogens is 1. The van der Waals surface area contributed by atoms with E-state index in [9.17, 15) is 18.5 Å². The van der Waals surface area contributed by atoms with Crippen LogP contribution in [-0.4, -0.2) is 61.2 Å². The summed E-state index contributed by atoms with van der Waals surface area (Å²) in [6.45, 7) is 2.96. The van der Waals surface area contributed by atoms with Gasteiger partial charge in [-0.25, -0.2) is 0 Å². The summed E-state index contributed by atoms with van der Waals surface area (Å²) in [6.07, 6.45) is 1.83. The molecule has 0 atom stereocenters. The Morgan fingerprint density at radius 2 is 1.58 bits per heavy atom. The first kappa shape index (κ1) is 17.4. The van der Waals surface area contributed by atoms with E-state index in [1.807, 2.05) is 4.90 Å². The number of benzene rings is 1. The van der Waals surface area contributed by atoms with Crippen LogP contribution in [0.3, 0.4) is 0 Å². The first-order valence-electron chi connectivity index (χ1n) is 7.84. The van der Waals surface area contributed by atoms with Crippen molar-refractivity contribution in [2.45, 2.75) is 12.8 Å². The number of nitro benzene ring substituents is 1. The van der Waals surface area contributed by atoms with Gasteiger partial charge >= 0.3 is 0 Å². The van der Waals surface area contributed by atoms with Crippen LogP contribution in [-0.2, 0) is 10.2 Å². The lowest BCUT2D eigenvalue weighted by Crippen LogP contribution is -2.52. The first-order chi connectivity index (χ1) is 11.4. The summed E-state index contributed by atoms with van der Waals surface area (Å²) < 4.78 is 28.2. The number of hydrogen-bond donors (Lipinski definition) is 0. The highest BCUT2D eigenvalue weighted by atomic mass is 35.5. The van der Waals surface area contributed by atoms with Gasteiger partial charge in [-0.1, -0.05) is 11.6 Å². The van der Waals surface area contributed by atoms with Crippen LogP contribution in [0, 0.1) is 10.1 Å². The molecule has 2 heterocycles. The molecule has 0 spiro atoms. The molecule has 2 saturated heterocycles. The minimum Gasteiger partial charge on any atom is -0.368 e. The largest absolute Gasteiger partial charge is 0.368 e. The van der Waals surface area contributed by atoms with Crippen molar-refractivity contribution in [3.63, 3.8) is 0 Å². The molecule has 24 heavy (non-hydrogen) atoms. The molecule has 0 aliphatic carbocycles. The lowest BCUT2D eigenvalue weighted by Gasteiger charge is -2.37. The topological polar surface area (TPSA) is 87.0 Å². The van der Waals surface area contributed by atoms with Crippen LogP contribution in [0.4, 0.5) is 11.4 Å². The summed E-state index contributed by atoms with van der Waals surface area (Å²) >= 11 is 6.15. The normalized spacial score (nSPS) is 20.5. The second-order valence-corrected chi connectivity index (χ2v) is 8.23. The molecule has 0 saturated carbocycles. The van der Waals surface area contributed by atoms with Crippen molar-refractivity contribution in [1.29, 1.82) is 0 Å². The Labute approximate surface area is 145 Å². The second-order valence-electron chi connectivity index (χ2n) is 5.89. The molecule has 0 amide bonds. The SMILES string of the molecule is O=[N+]([O-])c1ccc(N2CCN(S(=O)(=O)N3CCCC3)CC2)c(Cl)c1. The van der Waals surface area contributed by atoms with E-state index >= 15 is 0 Å². The van der Waals surface area contributed by atoms with Gasteiger partial charge in [0.05, 0.1) is 15.6 Å². The summed E-state index contributed by atoms with van der Waals surface area (Å²) in [5.41, 5.74) is 0.638. The molecule has 2 aliphatic heterocycles. The van der Waals surface area contributed by atoms with E-state index in [0.717, 1.165) is 12.8 Å².